The molecule has 0 bridgehead atoms. The van der Waals surface area contributed by atoms with Crippen LogP contribution in [0.2, 0.25) is 0 Å². The van der Waals surface area contributed by atoms with Crippen LogP contribution in [-0.2, 0) is 17.8 Å². The molecular weight excluding hydrogens is 406 g/mol. The summed E-state index contributed by atoms with van der Waals surface area (Å²) in [6.45, 7) is 6.67. The van der Waals surface area contributed by atoms with Crippen molar-refractivity contribution in [3.8, 4) is 0 Å². The van der Waals surface area contributed by atoms with E-state index in [0.29, 0.717) is 30.3 Å². The first-order valence-electron chi connectivity index (χ1n) is 10.8. The second-order valence-corrected chi connectivity index (χ2v) is 8.72. The minimum atomic E-state index is -0.0700. The predicted molar refractivity (Wildman–Crippen MR) is 129 cm³/mol. The Morgan fingerprint density at radius 1 is 1.19 bits per heavy atom. The molecule has 0 amide bonds. The molecule has 1 aliphatic rings. The molecule has 0 radical (unpaired) electrons. The van der Waals surface area contributed by atoms with Crippen LogP contribution in [0.5, 0.6) is 0 Å². The zero-order valence-corrected chi connectivity index (χ0v) is 18.9. The monoisotopic (exact) mass is 435 g/mol. The average molecular weight is 436 g/mol. The van der Waals surface area contributed by atoms with Gasteiger partial charge in [-0.2, -0.15) is 0 Å². The number of nitrogens with one attached hydrogen (secondary N) is 2. The number of benzene rings is 2. The van der Waals surface area contributed by atoms with E-state index in [9.17, 15) is 4.79 Å². The van der Waals surface area contributed by atoms with Crippen LogP contribution in [0, 0.1) is 13.8 Å². The normalized spacial score (nSPS) is 15.9. The highest BCUT2D eigenvalue weighted by atomic mass is 32.1. The van der Waals surface area contributed by atoms with Crippen molar-refractivity contribution in [2.75, 3.05) is 13.2 Å². The molecule has 0 spiro atoms. The van der Waals surface area contributed by atoms with Gasteiger partial charge >= 0.3 is 0 Å². The number of rotatable bonds is 6. The van der Waals surface area contributed by atoms with Gasteiger partial charge < -0.3 is 19.9 Å². The Kier molecular flexibility index (Phi) is 6.68. The SMILES string of the molecule is Cc1cc(C)c2[nH]c(=O)c(CN(Cc3ccccc3)C(=S)NC[C@H]3CCCO3)cc2c1. The second-order valence-electron chi connectivity index (χ2n) is 8.33. The summed E-state index contributed by atoms with van der Waals surface area (Å²) in [6.07, 6.45) is 2.35. The summed E-state index contributed by atoms with van der Waals surface area (Å²) in [5, 5.41) is 5.04. The van der Waals surface area contributed by atoms with E-state index in [1.165, 1.54) is 5.56 Å². The number of aromatic amines is 1. The Balaban J connectivity index is 1.59. The molecule has 0 aliphatic carbocycles. The molecule has 162 valence electrons. The second kappa shape index (κ2) is 9.62. The Labute approximate surface area is 188 Å². The van der Waals surface area contributed by atoms with Gasteiger partial charge in [-0.1, -0.05) is 42.0 Å². The van der Waals surface area contributed by atoms with Gasteiger partial charge in [-0.25, -0.2) is 0 Å². The lowest BCUT2D eigenvalue weighted by molar-refractivity contribution is 0.113. The smallest absolute Gasteiger partial charge is 0.253 e. The molecule has 6 heteroatoms. The molecule has 2 N–H and O–H groups in total. The molecule has 4 rings (SSSR count). The Hall–Kier alpha value is -2.70. The maximum atomic E-state index is 12.9. The van der Waals surface area contributed by atoms with Crippen molar-refractivity contribution in [2.45, 2.75) is 45.9 Å². The fourth-order valence-corrected chi connectivity index (χ4v) is 4.39. The predicted octanol–water partition coefficient (Wildman–Crippen LogP) is 4.20. The maximum Gasteiger partial charge on any atom is 0.253 e. The van der Waals surface area contributed by atoms with Crippen molar-refractivity contribution in [3.63, 3.8) is 0 Å². The van der Waals surface area contributed by atoms with E-state index in [2.05, 4.69) is 46.4 Å². The molecule has 1 fully saturated rings. The molecule has 1 saturated heterocycles. The number of hydrogen-bond acceptors (Lipinski definition) is 3. The minimum absolute atomic E-state index is 0.0700. The summed E-state index contributed by atoms with van der Waals surface area (Å²) in [5.74, 6) is 0. The molecule has 1 aliphatic heterocycles. The highest BCUT2D eigenvalue weighted by Gasteiger charge is 2.18. The van der Waals surface area contributed by atoms with Crippen molar-refractivity contribution in [2.24, 2.45) is 0 Å². The molecular formula is C25H29N3O2S. The molecule has 5 nitrogen and oxygen atoms in total. The van der Waals surface area contributed by atoms with E-state index in [4.69, 9.17) is 17.0 Å². The lowest BCUT2D eigenvalue weighted by Crippen LogP contribution is -2.42. The van der Waals surface area contributed by atoms with Gasteiger partial charge in [-0.05, 0) is 67.6 Å². The van der Waals surface area contributed by atoms with Gasteiger partial charge in [-0.3, -0.25) is 4.79 Å². The standard InChI is InChI=1S/C25H29N3O2S/c1-17-11-18(2)23-20(12-17)13-21(24(29)27-23)16-28(15-19-7-4-3-5-8-19)25(31)26-14-22-9-6-10-30-22/h3-5,7-8,11-13,22H,6,9-10,14-16H2,1-2H3,(H,26,31)(H,27,29)/t22-/m1/s1. The summed E-state index contributed by atoms with van der Waals surface area (Å²) in [7, 11) is 0. The number of aryl methyl sites for hydroxylation is 2. The fraction of sp³-hybridized carbons (Fsp3) is 0.360. The third-order valence-electron chi connectivity index (χ3n) is 5.74. The topological polar surface area (TPSA) is 57.4 Å². The Morgan fingerprint density at radius 2 is 2.00 bits per heavy atom. The molecule has 1 aromatic heterocycles. The molecule has 3 aromatic rings. The highest BCUT2D eigenvalue weighted by Crippen LogP contribution is 2.19. The maximum absolute atomic E-state index is 12.9. The molecule has 2 aromatic carbocycles. The van der Waals surface area contributed by atoms with Crippen molar-refractivity contribution in [1.82, 2.24) is 15.2 Å². The number of H-pyrrole nitrogens is 1. The van der Waals surface area contributed by atoms with Gasteiger partial charge in [0, 0.05) is 25.3 Å². The molecule has 31 heavy (non-hydrogen) atoms. The molecule has 2 heterocycles. The minimum Gasteiger partial charge on any atom is -0.376 e. The van der Waals surface area contributed by atoms with E-state index < -0.39 is 0 Å². The first-order chi connectivity index (χ1) is 15.0. The Morgan fingerprint density at radius 3 is 2.74 bits per heavy atom. The van der Waals surface area contributed by atoms with Crippen LogP contribution in [0.1, 0.15) is 35.1 Å². The van der Waals surface area contributed by atoms with Crippen molar-refractivity contribution in [1.29, 1.82) is 0 Å². The zero-order valence-electron chi connectivity index (χ0n) is 18.1. The number of nitrogens with zero attached hydrogens (tertiary/aromatic N) is 1. The average Bonchev–Trinajstić information content (AvgIpc) is 3.27. The highest BCUT2D eigenvalue weighted by molar-refractivity contribution is 7.80. The van der Waals surface area contributed by atoms with Crippen LogP contribution in [0.15, 0.2) is 53.3 Å². The number of fused-ring (bicyclic) bond motifs is 1. The lowest BCUT2D eigenvalue weighted by atomic mass is 10.1. The van der Waals surface area contributed by atoms with Crippen molar-refractivity contribution >= 4 is 28.2 Å². The van der Waals surface area contributed by atoms with Crippen LogP contribution >= 0.6 is 12.2 Å². The third kappa shape index (κ3) is 5.32. The van der Waals surface area contributed by atoms with Crippen molar-refractivity contribution < 1.29 is 4.74 Å². The lowest BCUT2D eigenvalue weighted by Gasteiger charge is -2.27. The Bertz CT molecular complexity index is 1120. The summed E-state index contributed by atoms with van der Waals surface area (Å²) in [5.41, 5.74) is 4.93. The van der Waals surface area contributed by atoms with E-state index in [1.54, 1.807) is 0 Å². The number of pyridine rings is 1. The summed E-state index contributed by atoms with van der Waals surface area (Å²) in [4.78, 5) is 18.0. The summed E-state index contributed by atoms with van der Waals surface area (Å²) < 4.78 is 5.71. The molecule has 0 saturated carbocycles. The van der Waals surface area contributed by atoms with Crippen LogP contribution in [0.3, 0.4) is 0 Å². The van der Waals surface area contributed by atoms with E-state index in [1.807, 2.05) is 31.2 Å². The largest absolute Gasteiger partial charge is 0.376 e. The van der Waals surface area contributed by atoms with E-state index in [-0.39, 0.29) is 11.7 Å². The van der Waals surface area contributed by atoms with Crippen LogP contribution in [0.4, 0.5) is 0 Å². The van der Waals surface area contributed by atoms with Crippen molar-refractivity contribution in [3.05, 3.63) is 81.1 Å². The number of hydrogen-bond donors (Lipinski definition) is 2. The molecule has 1 atom stereocenters. The number of ether oxygens (including phenoxy) is 1. The van der Waals surface area contributed by atoms with Crippen LogP contribution in [0.25, 0.3) is 10.9 Å². The van der Waals surface area contributed by atoms with E-state index >= 15 is 0 Å². The number of thiocarbonyl (C=S) groups is 1. The van der Waals surface area contributed by atoms with Gasteiger partial charge in [0.2, 0.25) is 0 Å². The van der Waals surface area contributed by atoms with Gasteiger partial charge in [0.1, 0.15) is 0 Å². The third-order valence-corrected chi connectivity index (χ3v) is 6.14. The zero-order chi connectivity index (χ0) is 21.8. The van der Waals surface area contributed by atoms with E-state index in [0.717, 1.165) is 41.5 Å². The van der Waals surface area contributed by atoms with Crippen LogP contribution < -0.4 is 10.9 Å². The first kappa shape index (κ1) is 21.5. The summed E-state index contributed by atoms with van der Waals surface area (Å²) >= 11 is 5.74. The molecule has 0 unspecified atom stereocenters. The fourth-order valence-electron chi connectivity index (χ4n) is 4.18. The quantitative estimate of drug-likeness (QED) is 0.569. The van der Waals surface area contributed by atoms with Crippen LogP contribution in [-0.4, -0.2) is 34.3 Å². The van der Waals surface area contributed by atoms with Gasteiger partial charge in [0.15, 0.2) is 5.11 Å². The first-order valence-corrected chi connectivity index (χ1v) is 11.2. The number of aromatic nitrogens is 1. The summed E-state index contributed by atoms with van der Waals surface area (Å²) in [6, 6.07) is 16.4. The van der Waals surface area contributed by atoms with Gasteiger partial charge in [-0.15, -0.1) is 0 Å². The van der Waals surface area contributed by atoms with Gasteiger partial charge in [0.25, 0.3) is 5.56 Å². The van der Waals surface area contributed by atoms with Gasteiger partial charge in [0.05, 0.1) is 18.2 Å².